The molecule has 24 heavy (non-hydrogen) atoms. The van der Waals surface area contributed by atoms with Crippen molar-refractivity contribution in [2.75, 3.05) is 13.7 Å². The molecule has 0 saturated carbocycles. The zero-order valence-corrected chi connectivity index (χ0v) is 14.0. The zero-order chi connectivity index (χ0) is 16.9. The molecule has 3 aromatic rings. The standard InChI is InChI=1S/C18H22N4O2/c1-22-17(9-10-20-22)16(12-24-2)21-18(23)8-7-13-11-19-15-6-4-3-5-14(13)15/h3-6,9-11,16,19H,7-8,12H2,1-2H3,(H,21,23). The van der Waals surface area contributed by atoms with Gasteiger partial charge < -0.3 is 15.0 Å². The van der Waals surface area contributed by atoms with Gasteiger partial charge in [0.25, 0.3) is 0 Å². The Labute approximate surface area is 140 Å². The minimum atomic E-state index is -0.196. The van der Waals surface area contributed by atoms with Gasteiger partial charge in [-0.05, 0) is 24.1 Å². The van der Waals surface area contributed by atoms with Crippen molar-refractivity contribution in [1.29, 1.82) is 0 Å². The summed E-state index contributed by atoms with van der Waals surface area (Å²) in [5.41, 5.74) is 3.18. The monoisotopic (exact) mass is 326 g/mol. The second-order valence-electron chi connectivity index (χ2n) is 5.81. The van der Waals surface area contributed by atoms with Crippen LogP contribution in [-0.4, -0.2) is 34.4 Å². The van der Waals surface area contributed by atoms with Crippen molar-refractivity contribution in [1.82, 2.24) is 20.1 Å². The van der Waals surface area contributed by atoms with E-state index in [1.807, 2.05) is 37.5 Å². The molecule has 0 aliphatic heterocycles. The van der Waals surface area contributed by atoms with E-state index in [-0.39, 0.29) is 11.9 Å². The third-order valence-corrected chi connectivity index (χ3v) is 4.18. The number of methoxy groups -OCH3 is 1. The van der Waals surface area contributed by atoms with Crippen LogP contribution >= 0.6 is 0 Å². The normalized spacial score (nSPS) is 12.4. The number of carbonyl (C=O) groups is 1. The SMILES string of the molecule is COCC(NC(=O)CCc1c[nH]c2ccccc12)c1ccnn1C. The largest absolute Gasteiger partial charge is 0.382 e. The lowest BCUT2D eigenvalue weighted by Crippen LogP contribution is -2.32. The van der Waals surface area contributed by atoms with E-state index in [0.29, 0.717) is 19.4 Å². The average molecular weight is 326 g/mol. The maximum absolute atomic E-state index is 12.4. The van der Waals surface area contributed by atoms with Gasteiger partial charge in [0, 0.05) is 43.9 Å². The lowest BCUT2D eigenvalue weighted by Gasteiger charge is -2.18. The molecule has 0 bridgehead atoms. The fourth-order valence-electron chi connectivity index (χ4n) is 2.95. The Kier molecular flexibility index (Phi) is 4.96. The van der Waals surface area contributed by atoms with Crippen LogP contribution < -0.4 is 5.32 Å². The lowest BCUT2D eigenvalue weighted by molar-refractivity contribution is -0.122. The Morgan fingerprint density at radius 2 is 2.21 bits per heavy atom. The number of carbonyl (C=O) groups excluding carboxylic acids is 1. The molecule has 1 unspecified atom stereocenters. The topological polar surface area (TPSA) is 71.9 Å². The van der Waals surface area contributed by atoms with Crippen LogP contribution in [-0.2, 0) is 23.0 Å². The van der Waals surface area contributed by atoms with E-state index >= 15 is 0 Å². The van der Waals surface area contributed by atoms with Crippen LogP contribution in [0.15, 0.2) is 42.7 Å². The molecule has 0 aliphatic carbocycles. The first-order valence-corrected chi connectivity index (χ1v) is 8.00. The van der Waals surface area contributed by atoms with Gasteiger partial charge in [0.15, 0.2) is 0 Å². The van der Waals surface area contributed by atoms with Gasteiger partial charge in [-0.3, -0.25) is 9.48 Å². The summed E-state index contributed by atoms with van der Waals surface area (Å²) in [5, 5.41) is 8.36. The van der Waals surface area contributed by atoms with Gasteiger partial charge in [0.2, 0.25) is 5.91 Å². The number of H-pyrrole nitrogens is 1. The Morgan fingerprint density at radius 1 is 1.38 bits per heavy atom. The molecular weight excluding hydrogens is 304 g/mol. The van der Waals surface area contributed by atoms with Gasteiger partial charge in [-0.15, -0.1) is 0 Å². The van der Waals surface area contributed by atoms with E-state index in [0.717, 1.165) is 16.8 Å². The number of aryl methyl sites for hydroxylation is 2. The number of nitrogens with one attached hydrogen (secondary N) is 2. The first-order chi connectivity index (χ1) is 11.7. The highest BCUT2D eigenvalue weighted by atomic mass is 16.5. The fourth-order valence-corrected chi connectivity index (χ4v) is 2.95. The molecular formula is C18H22N4O2. The quantitative estimate of drug-likeness (QED) is 0.700. The van der Waals surface area contributed by atoms with Crippen molar-refractivity contribution >= 4 is 16.8 Å². The predicted molar refractivity (Wildman–Crippen MR) is 92.6 cm³/mol. The Morgan fingerprint density at radius 3 is 2.96 bits per heavy atom. The van der Waals surface area contributed by atoms with E-state index in [4.69, 9.17) is 4.74 Å². The summed E-state index contributed by atoms with van der Waals surface area (Å²) >= 11 is 0. The Balaban J connectivity index is 1.63. The minimum absolute atomic E-state index is 0.00327. The number of ether oxygens (including phenoxy) is 1. The van der Waals surface area contributed by atoms with Crippen LogP contribution in [0.2, 0.25) is 0 Å². The fraction of sp³-hybridized carbons (Fsp3) is 0.333. The van der Waals surface area contributed by atoms with Gasteiger partial charge in [0.05, 0.1) is 18.3 Å². The summed E-state index contributed by atoms with van der Waals surface area (Å²) in [6.07, 6.45) is 4.82. The van der Waals surface area contributed by atoms with Crippen LogP contribution in [0.25, 0.3) is 10.9 Å². The van der Waals surface area contributed by atoms with Crippen LogP contribution in [0.1, 0.15) is 23.7 Å². The molecule has 2 aromatic heterocycles. The van der Waals surface area contributed by atoms with Crippen molar-refractivity contribution in [3.63, 3.8) is 0 Å². The molecule has 0 fully saturated rings. The maximum Gasteiger partial charge on any atom is 0.220 e. The second kappa shape index (κ2) is 7.31. The van der Waals surface area contributed by atoms with Crippen LogP contribution in [0.4, 0.5) is 0 Å². The molecule has 1 atom stereocenters. The minimum Gasteiger partial charge on any atom is -0.382 e. The first kappa shape index (κ1) is 16.3. The molecule has 0 saturated heterocycles. The molecule has 126 valence electrons. The maximum atomic E-state index is 12.4. The van der Waals surface area contributed by atoms with Crippen LogP contribution in [0, 0.1) is 0 Å². The highest BCUT2D eigenvalue weighted by molar-refractivity contribution is 5.84. The highest BCUT2D eigenvalue weighted by Gasteiger charge is 2.17. The molecule has 6 heteroatoms. The van der Waals surface area contributed by atoms with Crippen molar-refractivity contribution < 1.29 is 9.53 Å². The lowest BCUT2D eigenvalue weighted by atomic mass is 10.1. The molecule has 0 spiro atoms. The predicted octanol–water partition coefficient (Wildman–Crippen LogP) is 2.34. The summed E-state index contributed by atoms with van der Waals surface area (Å²) in [7, 11) is 3.48. The molecule has 0 radical (unpaired) electrons. The first-order valence-electron chi connectivity index (χ1n) is 8.00. The number of rotatable bonds is 7. The summed E-state index contributed by atoms with van der Waals surface area (Å²) in [5.74, 6) is 0.00327. The highest BCUT2D eigenvalue weighted by Crippen LogP contribution is 2.19. The van der Waals surface area contributed by atoms with Gasteiger partial charge in [-0.25, -0.2) is 0 Å². The molecule has 0 aliphatic rings. The molecule has 1 aromatic carbocycles. The third-order valence-electron chi connectivity index (χ3n) is 4.18. The third kappa shape index (κ3) is 3.49. The average Bonchev–Trinajstić information content (AvgIpc) is 3.19. The number of amides is 1. The molecule has 3 rings (SSSR count). The van der Waals surface area contributed by atoms with Crippen LogP contribution in [0.3, 0.4) is 0 Å². The Hall–Kier alpha value is -2.60. The van der Waals surface area contributed by atoms with E-state index < -0.39 is 0 Å². The number of hydrogen-bond acceptors (Lipinski definition) is 3. The summed E-state index contributed by atoms with van der Waals surface area (Å²) < 4.78 is 6.98. The molecule has 2 heterocycles. The number of benzene rings is 1. The Bertz CT molecular complexity index is 821. The van der Waals surface area contributed by atoms with Crippen molar-refractivity contribution in [2.24, 2.45) is 7.05 Å². The van der Waals surface area contributed by atoms with Gasteiger partial charge in [-0.2, -0.15) is 5.10 Å². The van der Waals surface area contributed by atoms with E-state index in [1.54, 1.807) is 18.0 Å². The zero-order valence-electron chi connectivity index (χ0n) is 14.0. The molecule has 6 nitrogen and oxygen atoms in total. The van der Waals surface area contributed by atoms with Crippen molar-refractivity contribution in [3.8, 4) is 0 Å². The number of nitrogens with zero attached hydrogens (tertiary/aromatic N) is 2. The summed E-state index contributed by atoms with van der Waals surface area (Å²) in [6.45, 7) is 0.415. The number of hydrogen-bond donors (Lipinski definition) is 2. The number of fused-ring (bicyclic) bond motifs is 1. The second-order valence-corrected chi connectivity index (χ2v) is 5.81. The number of aromatic nitrogens is 3. The molecule has 1 amide bonds. The summed E-state index contributed by atoms with van der Waals surface area (Å²) in [4.78, 5) is 15.6. The van der Waals surface area contributed by atoms with E-state index in [1.165, 1.54) is 5.39 Å². The van der Waals surface area contributed by atoms with E-state index in [9.17, 15) is 4.79 Å². The molecule has 2 N–H and O–H groups in total. The van der Waals surface area contributed by atoms with E-state index in [2.05, 4.69) is 21.5 Å². The van der Waals surface area contributed by atoms with Gasteiger partial charge in [0.1, 0.15) is 0 Å². The number of para-hydroxylation sites is 1. The van der Waals surface area contributed by atoms with Gasteiger partial charge >= 0.3 is 0 Å². The summed E-state index contributed by atoms with van der Waals surface area (Å²) in [6, 6.07) is 9.81. The number of aromatic amines is 1. The van der Waals surface area contributed by atoms with Gasteiger partial charge in [-0.1, -0.05) is 18.2 Å². The van der Waals surface area contributed by atoms with Crippen molar-refractivity contribution in [3.05, 3.63) is 54.0 Å². The smallest absolute Gasteiger partial charge is 0.220 e. The van der Waals surface area contributed by atoms with Crippen LogP contribution in [0.5, 0.6) is 0 Å². The van der Waals surface area contributed by atoms with Crippen molar-refractivity contribution in [2.45, 2.75) is 18.9 Å².